The molecular formula is C30H42O4. The summed E-state index contributed by atoms with van der Waals surface area (Å²) in [5.74, 6) is 0.590. The molecule has 0 aliphatic heterocycles. The van der Waals surface area contributed by atoms with Crippen LogP contribution in [0.3, 0.4) is 0 Å². The summed E-state index contributed by atoms with van der Waals surface area (Å²) in [6.45, 7) is 12.6. The molecule has 186 valence electrons. The lowest BCUT2D eigenvalue weighted by molar-refractivity contribution is 0.0275. The van der Waals surface area contributed by atoms with Crippen LogP contribution >= 0.6 is 0 Å². The van der Waals surface area contributed by atoms with Gasteiger partial charge in [-0.1, -0.05) is 77.6 Å². The molecule has 0 radical (unpaired) electrons. The third kappa shape index (κ3) is 8.30. The van der Waals surface area contributed by atoms with Crippen molar-refractivity contribution in [2.24, 2.45) is 11.8 Å². The Labute approximate surface area is 206 Å². The minimum absolute atomic E-state index is 0.0954. The fraction of sp³-hybridized carbons (Fsp3) is 0.533. The van der Waals surface area contributed by atoms with E-state index in [9.17, 15) is 9.59 Å². The molecule has 4 heteroatoms. The molecule has 0 fully saturated rings. The van der Waals surface area contributed by atoms with Gasteiger partial charge < -0.3 is 9.47 Å². The van der Waals surface area contributed by atoms with Crippen LogP contribution in [0, 0.1) is 11.8 Å². The van der Waals surface area contributed by atoms with Gasteiger partial charge in [0, 0.05) is 0 Å². The standard InChI is InChI=1S/C30H42O4/c1-7-23(8-2)19-21(5)33-29(31)27-15-11-25(12-16-27)26-13-17-28(18-14-26)30(32)34-22(6)20-24(9-3)10-4/h11-18,21-24H,7-10,19-20H2,1-6H3/t21-,22-/m1/s1. The van der Waals surface area contributed by atoms with Crippen LogP contribution in [0.15, 0.2) is 48.5 Å². The molecule has 2 aromatic rings. The molecule has 0 aliphatic rings. The number of carbonyl (C=O) groups is 2. The summed E-state index contributed by atoms with van der Waals surface area (Å²) in [5.41, 5.74) is 3.05. The summed E-state index contributed by atoms with van der Waals surface area (Å²) < 4.78 is 11.3. The van der Waals surface area contributed by atoms with E-state index in [1.54, 1.807) is 24.3 Å². The molecule has 0 bridgehead atoms. The Bertz CT molecular complexity index is 802. The van der Waals surface area contributed by atoms with Crippen LogP contribution in [-0.2, 0) is 9.47 Å². The van der Waals surface area contributed by atoms with Gasteiger partial charge in [-0.05, 0) is 73.9 Å². The highest BCUT2D eigenvalue weighted by atomic mass is 16.5. The predicted octanol–water partition coefficient (Wildman–Crippen LogP) is 8.10. The maximum Gasteiger partial charge on any atom is 0.338 e. The summed E-state index contributed by atoms with van der Waals surface area (Å²) in [6, 6.07) is 14.8. The third-order valence-corrected chi connectivity index (χ3v) is 6.83. The lowest BCUT2D eigenvalue weighted by atomic mass is 9.96. The van der Waals surface area contributed by atoms with Gasteiger partial charge in [0.25, 0.3) is 0 Å². The zero-order valence-corrected chi connectivity index (χ0v) is 21.8. The van der Waals surface area contributed by atoms with Gasteiger partial charge in [0.05, 0.1) is 23.3 Å². The van der Waals surface area contributed by atoms with E-state index in [1.165, 1.54) is 0 Å². The highest BCUT2D eigenvalue weighted by Crippen LogP contribution is 2.23. The first-order chi connectivity index (χ1) is 16.3. The molecule has 0 saturated carbocycles. The van der Waals surface area contributed by atoms with Gasteiger partial charge in [0.2, 0.25) is 0 Å². The molecule has 0 N–H and O–H groups in total. The van der Waals surface area contributed by atoms with Crippen LogP contribution < -0.4 is 0 Å². The predicted molar refractivity (Wildman–Crippen MR) is 139 cm³/mol. The van der Waals surface area contributed by atoms with Gasteiger partial charge in [-0.3, -0.25) is 0 Å². The minimum atomic E-state index is -0.286. The lowest BCUT2D eigenvalue weighted by Crippen LogP contribution is -2.18. The molecule has 2 aromatic carbocycles. The summed E-state index contributed by atoms with van der Waals surface area (Å²) >= 11 is 0. The first-order valence-corrected chi connectivity index (χ1v) is 12.9. The molecule has 0 spiro atoms. The van der Waals surface area contributed by atoms with Crippen molar-refractivity contribution in [3.8, 4) is 11.1 Å². The van der Waals surface area contributed by atoms with E-state index < -0.39 is 0 Å². The van der Waals surface area contributed by atoms with E-state index in [0.717, 1.165) is 49.7 Å². The summed E-state index contributed by atoms with van der Waals surface area (Å²) in [4.78, 5) is 25.0. The Morgan fingerprint density at radius 3 is 1.15 bits per heavy atom. The zero-order chi connectivity index (χ0) is 25.1. The molecular weight excluding hydrogens is 424 g/mol. The van der Waals surface area contributed by atoms with Gasteiger partial charge in [0.1, 0.15) is 0 Å². The van der Waals surface area contributed by atoms with Crippen LogP contribution in [0.5, 0.6) is 0 Å². The Kier molecular flexibility index (Phi) is 11.3. The van der Waals surface area contributed by atoms with Crippen LogP contribution in [0.4, 0.5) is 0 Å². The van der Waals surface area contributed by atoms with Crippen molar-refractivity contribution in [3.05, 3.63) is 59.7 Å². The van der Waals surface area contributed by atoms with Crippen molar-refractivity contribution >= 4 is 11.9 Å². The second-order valence-electron chi connectivity index (χ2n) is 9.42. The summed E-state index contributed by atoms with van der Waals surface area (Å²) in [6.07, 6.45) is 5.98. The van der Waals surface area contributed by atoms with Crippen molar-refractivity contribution in [1.29, 1.82) is 0 Å². The van der Waals surface area contributed by atoms with Crippen molar-refractivity contribution < 1.29 is 19.1 Å². The van der Waals surface area contributed by atoms with Crippen molar-refractivity contribution in [2.75, 3.05) is 0 Å². The second kappa shape index (κ2) is 13.9. The van der Waals surface area contributed by atoms with Gasteiger partial charge in [-0.25, -0.2) is 9.59 Å². The zero-order valence-electron chi connectivity index (χ0n) is 21.8. The first-order valence-electron chi connectivity index (χ1n) is 12.9. The van der Waals surface area contributed by atoms with Gasteiger partial charge in [0.15, 0.2) is 0 Å². The quantitative estimate of drug-likeness (QED) is 0.280. The highest BCUT2D eigenvalue weighted by Gasteiger charge is 2.17. The molecule has 0 unspecified atom stereocenters. The average Bonchev–Trinajstić information content (AvgIpc) is 2.85. The monoisotopic (exact) mass is 466 g/mol. The average molecular weight is 467 g/mol. The summed E-state index contributed by atoms with van der Waals surface area (Å²) in [5, 5.41) is 0. The van der Waals surface area contributed by atoms with E-state index >= 15 is 0 Å². The SMILES string of the molecule is CCC(CC)C[C@@H](C)OC(=O)c1ccc(-c2ccc(C(=O)O[C@H](C)CC(CC)CC)cc2)cc1. The Morgan fingerprint density at radius 1 is 0.588 bits per heavy atom. The van der Waals surface area contributed by atoms with Crippen LogP contribution in [-0.4, -0.2) is 24.1 Å². The smallest absolute Gasteiger partial charge is 0.338 e. The van der Waals surface area contributed by atoms with E-state index in [-0.39, 0.29) is 24.1 Å². The second-order valence-corrected chi connectivity index (χ2v) is 9.42. The first kappa shape index (κ1) is 27.6. The van der Waals surface area contributed by atoms with Crippen molar-refractivity contribution in [1.82, 2.24) is 0 Å². The fourth-order valence-corrected chi connectivity index (χ4v) is 4.38. The lowest BCUT2D eigenvalue weighted by Gasteiger charge is -2.19. The molecule has 0 aromatic heterocycles. The third-order valence-electron chi connectivity index (χ3n) is 6.83. The molecule has 0 amide bonds. The molecule has 0 aliphatic carbocycles. The number of rotatable bonds is 13. The Morgan fingerprint density at radius 2 is 0.882 bits per heavy atom. The van der Waals surface area contributed by atoms with Gasteiger partial charge in [-0.15, -0.1) is 0 Å². The van der Waals surface area contributed by atoms with Crippen LogP contribution in [0.25, 0.3) is 11.1 Å². The van der Waals surface area contributed by atoms with E-state index in [2.05, 4.69) is 27.7 Å². The normalized spacial score (nSPS) is 13.1. The number of hydrogen-bond donors (Lipinski definition) is 0. The Balaban J connectivity index is 1.96. The largest absolute Gasteiger partial charge is 0.459 e. The van der Waals surface area contributed by atoms with E-state index in [0.29, 0.717) is 23.0 Å². The molecule has 2 atom stereocenters. The number of ether oxygens (including phenoxy) is 2. The number of hydrogen-bond acceptors (Lipinski definition) is 4. The van der Waals surface area contributed by atoms with E-state index in [1.807, 2.05) is 38.1 Å². The van der Waals surface area contributed by atoms with Gasteiger partial charge in [-0.2, -0.15) is 0 Å². The van der Waals surface area contributed by atoms with Crippen LogP contribution in [0.2, 0.25) is 0 Å². The highest BCUT2D eigenvalue weighted by molar-refractivity contribution is 5.91. The minimum Gasteiger partial charge on any atom is -0.459 e. The van der Waals surface area contributed by atoms with Gasteiger partial charge >= 0.3 is 11.9 Å². The molecule has 4 nitrogen and oxygen atoms in total. The molecule has 0 heterocycles. The topological polar surface area (TPSA) is 52.6 Å². The molecule has 2 rings (SSSR count). The number of esters is 2. The van der Waals surface area contributed by atoms with Crippen molar-refractivity contribution in [3.63, 3.8) is 0 Å². The van der Waals surface area contributed by atoms with Crippen LogP contribution in [0.1, 0.15) is 101 Å². The van der Waals surface area contributed by atoms with Crippen molar-refractivity contribution in [2.45, 2.75) is 92.3 Å². The molecule has 0 saturated heterocycles. The Hall–Kier alpha value is -2.62. The maximum absolute atomic E-state index is 12.5. The van der Waals surface area contributed by atoms with E-state index in [4.69, 9.17) is 9.47 Å². The molecule has 34 heavy (non-hydrogen) atoms. The fourth-order valence-electron chi connectivity index (χ4n) is 4.38. The maximum atomic E-state index is 12.5. The summed E-state index contributed by atoms with van der Waals surface area (Å²) in [7, 11) is 0. The number of benzene rings is 2. The number of carbonyl (C=O) groups excluding carboxylic acids is 2.